The van der Waals surface area contributed by atoms with Crippen molar-refractivity contribution < 1.29 is 19.1 Å². The first-order chi connectivity index (χ1) is 10.5. The van der Waals surface area contributed by atoms with E-state index in [0.29, 0.717) is 36.9 Å². The topological polar surface area (TPSA) is 67.9 Å². The third-order valence-electron chi connectivity index (χ3n) is 3.96. The molecule has 1 saturated heterocycles. The van der Waals surface area contributed by atoms with Gasteiger partial charge in [-0.1, -0.05) is 0 Å². The molecular formula is C16H20N2O4. The lowest BCUT2D eigenvalue weighted by Gasteiger charge is -2.21. The number of rotatable bonds is 3. The first-order valence-corrected chi connectivity index (χ1v) is 7.54. The summed E-state index contributed by atoms with van der Waals surface area (Å²) in [7, 11) is 0. The molecule has 0 bridgehead atoms. The molecule has 2 aliphatic heterocycles. The summed E-state index contributed by atoms with van der Waals surface area (Å²) in [4.78, 5) is 26.0. The molecule has 0 saturated carbocycles. The molecule has 0 spiro atoms. The molecular weight excluding hydrogens is 284 g/mol. The van der Waals surface area contributed by atoms with Gasteiger partial charge in [-0.2, -0.15) is 0 Å². The second-order valence-corrected chi connectivity index (χ2v) is 5.89. The highest BCUT2D eigenvalue weighted by Gasteiger charge is 2.35. The number of nitrogens with zero attached hydrogens (tertiary/aromatic N) is 1. The lowest BCUT2D eigenvalue weighted by atomic mass is 10.1. The summed E-state index contributed by atoms with van der Waals surface area (Å²) >= 11 is 0. The van der Waals surface area contributed by atoms with Crippen LogP contribution >= 0.6 is 0 Å². The van der Waals surface area contributed by atoms with Gasteiger partial charge in [-0.3, -0.25) is 9.59 Å². The number of hydrogen-bond donors (Lipinski definition) is 1. The number of fused-ring (bicyclic) bond motifs is 1. The summed E-state index contributed by atoms with van der Waals surface area (Å²) < 4.78 is 10.9. The Morgan fingerprint density at radius 3 is 2.68 bits per heavy atom. The Balaban J connectivity index is 1.66. The maximum atomic E-state index is 12.3. The Morgan fingerprint density at radius 2 is 2.00 bits per heavy atom. The Kier molecular flexibility index (Phi) is 3.92. The van der Waals surface area contributed by atoms with Gasteiger partial charge in [0.15, 0.2) is 11.5 Å². The molecule has 2 amide bonds. The highest BCUT2D eigenvalue weighted by molar-refractivity contribution is 5.97. The number of carbonyl (C=O) groups excluding carboxylic acids is 2. The van der Waals surface area contributed by atoms with E-state index in [4.69, 9.17) is 9.47 Å². The molecule has 1 fully saturated rings. The van der Waals surface area contributed by atoms with Gasteiger partial charge < -0.3 is 19.7 Å². The van der Waals surface area contributed by atoms with Crippen molar-refractivity contribution in [2.24, 2.45) is 5.92 Å². The van der Waals surface area contributed by atoms with Crippen LogP contribution in [0.5, 0.6) is 11.5 Å². The molecule has 118 valence electrons. The number of anilines is 1. The lowest BCUT2D eigenvalue weighted by molar-refractivity contribution is -0.129. The summed E-state index contributed by atoms with van der Waals surface area (Å²) in [6.07, 6.45) is 0.272. The van der Waals surface area contributed by atoms with Crippen LogP contribution in [-0.4, -0.2) is 42.5 Å². The Hall–Kier alpha value is -2.24. The second kappa shape index (κ2) is 5.87. The van der Waals surface area contributed by atoms with Gasteiger partial charge in [0.05, 0.1) is 5.92 Å². The van der Waals surface area contributed by atoms with Gasteiger partial charge in [0, 0.05) is 30.8 Å². The van der Waals surface area contributed by atoms with Crippen LogP contribution in [0.2, 0.25) is 0 Å². The van der Waals surface area contributed by atoms with E-state index in [-0.39, 0.29) is 30.2 Å². The van der Waals surface area contributed by atoms with Crippen LogP contribution in [-0.2, 0) is 9.59 Å². The predicted molar refractivity (Wildman–Crippen MR) is 81.0 cm³/mol. The monoisotopic (exact) mass is 304 g/mol. The first-order valence-electron chi connectivity index (χ1n) is 7.54. The van der Waals surface area contributed by atoms with Crippen LogP contribution in [0.25, 0.3) is 0 Å². The zero-order valence-electron chi connectivity index (χ0n) is 12.8. The van der Waals surface area contributed by atoms with Crippen molar-refractivity contribution >= 4 is 17.5 Å². The van der Waals surface area contributed by atoms with E-state index in [9.17, 15) is 9.59 Å². The van der Waals surface area contributed by atoms with Crippen molar-refractivity contribution in [1.29, 1.82) is 0 Å². The Labute approximate surface area is 129 Å². The number of benzene rings is 1. The van der Waals surface area contributed by atoms with Gasteiger partial charge in [0.1, 0.15) is 13.2 Å². The average Bonchev–Trinajstić information content (AvgIpc) is 2.89. The van der Waals surface area contributed by atoms with Crippen LogP contribution in [0, 0.1) is 5.92 Å². The molecule has 2 heterocycles. The first kappa shape index (κ1) is 14.7. The van der Waals surface area contributed by atoms with Crippen molar-refractivity contribution in [2.75, 3.05) is 25.1 Å². The van der Waals surface area contributed by atoms with Gasteiger partial charge in [0.2, 0.25) is 11.8 Å². The van der Waals surface area contributed by atoms with Crippen molar-refractivity contribution in [2.45, 2.75) is 26.3 Å². The van der Waals surface area contributed by atoms with Gasteiger partial charge >= 0.3 is 0 Å². The Bertz CT molecular complexity index is 600. The maximum absolute atomic E-state index is 12.3. The zero-order valence-corrected chi connectivity index (χ0v) is 12.8. The summed E-state index contributed by atoms with van der Waals surface area (Å²) in [5.41, 5.74) is 0.657. The molecule has 0 aliphatic carbocycles. The van der Waals surface area contributed by atoms with Crippen LogP contribution in [0.4, 0.5) is 5.69 Å². The van der Waals surface area contributed by atoms with Crippen molar-refractivity contribution in [3.63, 3.8) is 0 Å². The van der Waals surface area contributed by atoms with Crippen LogP contribution < -0.4 is 14.8 Å². The van der Waals surface area contributed by atoms with E-state index < -0.39 is 0 Å². The normalized spacial score (nSPS) is 20.4. The molecule has 6 nitrogen and oxygen atoms in total. The van der Waals surface area contributed by atoms with Crippen molar-refractivity contribution in [1.82, 2.24) is 4.90 Å². The summed E-state index contributed by atoms with van der Waals surface area (Å²) in [6, 6.07) is 5.44. The maximum Gasteiger partial charge on any atom is 0.229 e. The summed E-state index contributed by atoms with van der Waals surface area (Å²) in [6.45, 7) is 5.43. The second-order valence-electron chi connectivity index (χ2n) is 5.89. The van der Waals surface area contributed by atoms with Gasteiger partial charge in [-0.05, 0) is 26.0 Å². The summed E-state index contributed by atoms with van der Waals surface area (Å²) in [5.74, 6) is 0.926. The summed E-state index contributed by atoms with van der Waals surface area (Å²) in [5, 5.41) is 2.86. The minimum absolute atomic E-state index is 0.0392. The van der Waals surface area contributed by atoms with E-state index in [0.717, 1.165) is 0 Å². The standard InChI is InChI=1S/C16H20N2O4/c1-10(2)18-9-11(7-15(18)19)16(20)17-12-3-4-13-14(8-12)22-6-5-21-13/h3-4,8,10-11H,5-7,9H2,1-2H3,(H,17,20)/t11-/m0/s1. The Morgan fingerprint density at radius 1 is 1.27 bits per heavy atom. The fourth-order valence-corrected chi connectivity index (χ4v) is 2.77. The highest BCUT2D eigenvalue weighted by atomic mass is 16.6. The lowest BCUT2D eigenvalue weighted by Crippen LogP contribution is -2.33. The largest absolute Gasteiger partial charge is 0.486 e. The number of likely N-dealkylation sites (tertiary alicyclic amines) is 1. The predicted octanol–water partition coefficient (Wildman–Crippen LogP) is 1.65. The molecule has 0 radical (unpaired) electrons. The molecule has 1 N–H and O–H groups in total. The van der Waals surface area contributed by atoms with Crippen LogP contribution in [0.3, 0.4) is 0 Å². The van der Waals surface area contributed by atoms with Crippen molar-refractivity contribution in [3.05, 3.63) is 18.2 Å². The molecule has 22 heavy (non-hydrogen) atoms. The van der Waals surface area contributed by atoms with Gasteiger partial charge in [0.25, 0.3) is 0 Å². The smallest absolute Gasteiger partial charge is 0.229 e. The van der Waals surface area contributed by atoms with E-state index in [1.807, 2.05) is 13.8 Å². The van der Waals surface area contributed by atoms with Crippen LogP contribution in [0.1, 0.15) is 20.3 Å². The molecule has 3 rings (SSSR count). The minimum Gasteiger partial charge on any atom is -0.486 e. The fraction of sp³-hybridized carbons (Fsp3) is 0.500. The zero-order chi connectivity index (χ0) is 15.7. The van der Waals surface area contributed by atoms with E-state index in [1.54, 1.807) is 23.1 Å². The fourth-order valence-electron chi connectivity index (χ4n) is 2.77. The number of ether oxygens (including phenoxy) is 2. The third-order valence-corrected chi connectivity index (χ3v) is 3.96. The molecule has 1 atom stereocenters. The molecule has 0 unspecified atom stereocenters. The third kappa shape index (κ3) is 2.86. The minimum atomic E-state index is -0.303. The van der Waals surface area contributed by atoms with Crippen molar-refractivity contribution in [3.8, 4) is 11.5 Å². The quantitative estimate of drug-likeness (QED) is 0.922. The van der Waals surface area contributed by atoms with Gasteiger partial charge in [-0.15, -0.1) is 0 Å². The van der Waals surface area contributed by atoms with E-state index in [2.05, 4.69) is 5.32 Å². The molecule has 0 aromatic heterocycles. The van der Waals surface area contributed by atoms with E-state index in [1.165, 1.54) is 0 Å². The number of hydrogen-bond acceptors (Lipinski definition) is 4. The molecule has 6 heteroatoms. The van der Waals surface area contributed by atoms with E-state index >= 15 is 0 Å². The number of amides is 2. The average molecular weight is 304 g/mol. The molecule has 1 aromatic carbocycles. The molecule has 2 aliphatic rings. The van der Waals surface area contributed by atoms with Gasteiger partial charge in [-0.25, -0.2) is 0 Å². The van der Waals surface area contributed by atoms with Crippen LogP contribution in [0.15, 0.2) is 18.2 Å². The number of carbonyl (C=O) groups is 2. The molecule has 1 aromatic rings. The SMILES string of the molecule is CC(C)N1C[C@@H](C(=O)Nc2ccc3c(c2)OCCO3)CC1=O. The number of nitrogens with one attached hydrogen (secondary N) is 1. The highest BCUT2D eigenvalue weighted by Crippen LogP contribution is 2.33.